The van der Waals surface area contributed by atoms with Crippen LogP contribution in [-0.2, 0) is 13.0 Å². The van der Waals surface area contributed by atoms with Gasteiger partial charge in [0.15, 0.2) is 5.69 Å². The smallest absolute Gasteiger partial charge is 0.356 e. The number of nitrogens with one attached hydrogen (secondary N) is 1. The summed E-state index contributed by atoms with van der Waals surface area (Å²) in [6.45, 7) is 0.498. The van der Waals surface area contributed by atoms with Crippen molar-refractivity contribution in [1.82, 2.24) is 14.9 Å². The average Bonchev–Trinajstić information content (AvgIpc) is 2.98. The van der Waals surface area contributed by atoms with E-state index in [1.165, 1.54) is 6.20 Å². The van der Waals surface area contributed by atoms with E-state index in [9.17, 15) is 9.59 Å². The van der Waals surface area contributed by atoms with Crippen molar-refractivity contribution in [1.29, 1.82) is 5.26 Å². The Bertz CT molecular complexity index is 802. The Labute approximate surface area is 132 Å². The van der Waals surface area contributed by atoms with Crippen LogP contribution in [-0.4, -0.2) is 32.6 Å². The maximum Gasteiger partial charge on any atom is 0.356 e. The van der Waals surface area contributed by atoms with Crippen LogP contribution in [0.5, 0.6) is 0 Å². The quantitative estimate of drug-likeness (QED) is 0.885. The fourth-order valence-corrected chi connectivity index (χ4v) is 2.63. The van der Waals surface area contributed by atoms with Gasteiger partial charge in [-0.15, -0.1) is 0 Å². The number of aromatic carboxylic acids is 1. The summed E-state index contributed by atoms with van der Waals surface area (Å²) in [4.78, 5) is 27.2. The van der Waals surface area contributed by atoms with Crippen LogP contribution in [0.2, 0.25) is 0 Å². The molecule has 0 radical (unpaired) electrons. The van der Waals surface area contributed by atoms with Crippen LogP contribution in [0, 0.1) is 11.3 Å². The molecule has 1 unspecified atom stereocenters. The normalized spacial score (nSPS) is 16.2. The molecule has 1 aliphatic rings. The van der Waals surface area contributed by atoms with Crippen molar-refractivity contribution < 1.29 is 14.7 Å². The number of carboxylic acids is 1. The van der Waals surface area contributed by atoms with E-state index >= 15 is 0 Å². The molecule has 1 aromatic heterocycles. The monoisotopic (exact) mass is 310 g/mol. The number of hydrogen-bond donors (Lipinski definition) is 2. The molecule has 0 bridgehead atoms. The van der Waals surface area contributed by atoms with E-state index in [1.807, 2.05) is 6.07 Å². The molecule has 2 heterocycles. The molecular weight excluding hydrogens is 296 g/mol. The molecule has 0 aliphatic carbocycles. The second kappa shape index (κ2) is 5.93. The zero-order valence-corrected chi connectivity index (χ0v) is 12.2. The molecule has 7 heteroatoms. The van der Waals surface area contributed by atoms with Crippen molar-refractivity contribution in [2.24, 2.45) is 0 Å². The Hall–Kier alpha value is -3.14. The van der Waals surface area contributed by atoms with Crippen LogP contribution in [0.3, 0.4) is 0 Å². The van der Waals surface area contributed by atoms with Gasteiger partial charge in [0.05, 0.1) is 11.6 Å². The lowest BCUT2D eigenvalue weighted by atomic mass is 10.1. The molecule has 23 heavy (non-hydrogen) atoms. The molecule has 0 saturated heterocycles. The molecule has 0 spiro atoms. The second-order valence-electron chi connectivity index (χ2n) is 5.40. The zero-order chi connectivity index (χ0) is 16.4. The molecule has 2 aromatic rings. The molecule has 0 fully saturated rings. The van der Waals surface area contributed by atoms with Gasteiger partial charge in [0.2, 0.25) is 0 Å². The summed E-state index contributed by atoms with van der Waals surface area (Å²) in [7, 11) is 0. The van der Waals surface area contributed by atoms with Crippen molar-refractivity contribution in [3.63, 3.8) is 0 Å². The summed E-state index contributed by atoms with van der Waals surface area (Å²) in [5.74, 6) is -0.530. The van der Waals surface area contributed by atoms with Crippen LogP contribution < -0.4 is 5.32 Å². The van der Waals surface area contributed by atoms with Crippen LogP contribution in [0.25, 0.3) is 0 Å². The van der Waals surface area contributed by atoms with Crippen molar-refractivity contribution in [3.8, 4) is 6.07 Å². The number of amides is 1. The van der Waals surface area contributed by atoms with Gasteiger partial charge < -0.3 is 15.0 Å². The maximum atomic E-state index is 12.2. The van der Waals surface area contributed by atoms with E-state index in [0.29, 0.717) is 30.5 Å². The standard InChI is InChI=1S/C16H14N4O3/c17-7-10-1-3-11(4-2-10)15(21)18-12-5-6-14-19-13(16(22)23)9-20(14)8-12/h1-4,9,12H,5-6,8H2,(H,18,21)(H,22,23). The van der Waals surface area contributed by atoms with Crippen molar-refractivity contribution >= 4 is 11.9 Å². The number of imidazole rings is 1. The minimum absolute atomic E-state index is 0.0269. The lowest BCUT2D eigenvalue weighted by Crippen LogP contribution is -2.40. The van der Waals surface area contributed by atoms with Gasteiger partial charge >= 0.3 is 5.97 Å². The number of carbonyl (C=O) groups excluding carboxylic acids is 1. The molecule has 1 amide bonds. The van der Waals surface area contributed by atoms with Crippen LogP contribution in [0.15, 0.2) is 30.5 Å². The molecule has 3 rings (SSSR count). The topological polar surface area (TPSA) is 108 Å². The summed E-state index contributed by atoms with van der Waals surface area (Å²) < 4.78 is 1.77. The highest BCUT2D eigenvalue weighted by Gasteiger charge is 2.23. The summed E-state index contributed by atoms with van der Waals surface area (Å²) in [6, 6.07) is 8.35. The lowest BCUT2D eigenvalue weighted by molar-refractivity contribution is 0.0690. The first-order chi connectivity index (χ1) is 11.1. The van der Waals surface area contributed by atoms with Gasteiger partial charge in [0.1, 0.15) is 5.82 Å². The molecule has 2 N–H and O–H groups in total. The Morgan fingerprint density at radius 1 is 1.35 bits per heavy atom. The molecule has 1 atom stereocenters. The first-order valence-corrected chi connectivity index (χ1v) is 7.17. The van der Waals surface area contributed by atoms with Gasteiger partial charge in [0.25, 0.3) is 5.91 Å². The average molecular weight is 310 g/mol. The van der Waals surface area contributed by atoms with Gasteiger partial charge in [-0.05, 0) is 30.7 Å². The Balaban J connectivity index is 1.67. The highest BCUT2D eigenvalue weighted by Crippen LogP contribution is 2.16. The van der Waals surface area contributed by atoms with Crippen molar-refractivity contribution in [2.45, 2.75) is 25.4 Å². The Kier molecular flexibility index (Phi) is 3.81. The molecule has 0 saturated carbocycles. The number of carbonyl (C=O) groups is 2. The highest BCUT2D eigenvalue weighted by atomic mass is 16.4. The first kappa shape index (κ1) is 14.8. The number of rotatable bonds is 3. The number of aromatic nitrogens is 2. The van der Waals surface area contributed by atoms with Crippen molar-refractivity contribution in [2.75, 3.05) is 0 Å². The highest BCUT2D eigenvalue weighted by molar-refractivity contribution is 5.94. The fraction of sp³-hybridized carbons (Fsp3) is 0.250. The number of benzene rings is 1. The number of nitriles is 1. The molecular formula is C16H14N4O3. The third kappa shape index (κ3) is 3.06. The van der Waals surface area contributed by atoms with Crippen molar-refractivity contribution in [3.05, 3.63) is 53.1 Å². The summed E-state index contributed by atoms with van der Waals surface area (Å²) in [5.41, 5.74) is 1.02. The first-order valence-electron chi connectivity index (χ1n) is 7.17. The van der Waals surface area contributed by atoms with E-state index in [4.69, 9.17) is 10.4 Å². The maximum absolute atomic E-state index is 12.2. The van der Waals surface area contributed by atoms with E-state index in [0.717, 1.165) is 5.82 Å². The summed E-state index contributed by atoms with van der Waals surface area (Å²) >= 11 is 0. The van der Waals surface area contributed by atoms with E-state index in [1.54, 1.807) is 28.8 Å². The third-order valence-corrected chi connectivity index (χ3v) is 3.82. The third-order valence-electron chi connectivity index (χ3n) is 3.82. The van der Waals surface area contributed by atoms with Crippen LogP contribution in [0.1, 0.15) is 38.7 Å². The number of fused-ring (bicyclic) bond motifs is 1. The second-order valence-corrected chi connectivity index (χ2v) is 5.40. The van der Waals surface area contributed by atoms with Gasteiger partial charge in [0, 0.05) is 30.8 Å². The lowest BCUT2D eigenvalue weighted by Gasteiger charge is -2.24. The zero-order valence-electron chi connectivity index (χ0n) is 12.2. The number of hydrogen-bond acceptors (Lipinski definition) is 4. The van der Waals surface area contributed by atoms with Crippen LogP contribution >= 0.6 is 0 Å². The van der Waals surface area contributed by atoms with E-state index in [2.05, 4.69) is 10.3 Å². The predicted molar refractivity (Wildman–Crippen MR) is 79.9 cm³/mol. The predicted octanol–water partition coefficient (Wildman–Crippen LogP) is 1.20. The minimum Gasteiger partial charge on any atom is -0.476 e. The molecule has 1 aliphatic heterocycles. The molecule has 7 nitrogen and oxygen atoms in total. The van der Waals surface area contributed by atoms with Gasteiger partial charge in [-0.3, -0.25) is 4.79 Å². The Morgan fingerprint density at radius 2 is 2.09 bits per heavy atom. The minimum atomic E-state index is -1.05. The number of aryl methyl sites for hydroxylation is 1. The summed E-state index contributed by atoms with van der Waals surface area (Å²) in [6.07, 6.45) is 2.82. The fourth-order valence-electron chi connectivity index (χ4n) is 2.63. The van der Waals surface area contributed by atoms with Crippen LogP contribution in [0.4, 0.5) is 0 Å². The number of nitrogens with zero attached hydrogens (tertiary/aromatic N) is 3. The van der Waals surface area contributed by atoms with Gasteiger partial charge in [-0.25, -0.2) is 9.78 Å². The van der Waals surface area contributed by atoms with E-state index in [-0.39, 0.29) is 17.6 Å². The summed E-state index contributed by atoms with van der Waals surface area (Å²) in [5, 5.41) is 20.7. The van der Waals surface area contributed by atoms with Gasteiger partial charge in [-0.2, -0.15) is 5.26 Å². The molecule has 1 aromatic carbocycles. The van der Waals surface area contributed by atoms with Gasteiger partial charge in [-0.1, -0.05) is 0 Å². The molecule has 116 valence electrons. The largest absolute Gasteiger partial charge is 0.476 e. The Morgan fingerprint density at radius 3 is 2.74 bits per heavy atom. The van der Waals surface area contributed by atoms with E-state index < -0.39 is 5.97 Å². The number of carboxylic acid groups (broad SMARTS) is 1. The SMILES string of the molecule is N#Cc1ccc(C(=O)NC2CCc3nc(C(=O)O)cn3C2)cc1.